The van der Waals surface area contributed by atoms with Crippen molar-refractivity contribution < 1.29 is 13.9 Å². The number of carbonyl (C=O) groups excluding carboxylic acids is 1. The summed E-state index contributed by atoms with van der Waals surface area (Å²) in [6, 6.07) is 5.48. The van der Waals surface area contributed by atoms with Gasteiger partial charge in [-0.3, -0.25) is 10.1 Å². The lowest BCUT2D eigenvalue weighted by Gasteiger charge is -2.00. The Kier molecular flexibility index (Phi) is 4.09. The van der Waals surface area contributed by atoms with E-state index in [2.05, 4.69) is 24.1 Å². The van der Waals surface area contributed by atoms with E-state index in [0.717, 1.165) is 22.4 Å². The summed E-state index contributed by atoms with van der Waals surface area (Å²) < 4.78 is 10.9. The summed E-state index contributed by atoms with van der Waals surface area (Å²) in [5, 5.41) is 6.21. The van der Waals surface area contributed by atoms with Crippen LogP contribution < -0.4 is 10.1 Å². The molecule has 6 heteroatoms. The lowest BCUT2D eigenvalue weighted by atomic mass is 10.1. The van der Waals surface area contributed by atoms with Crippen molar-refractivity contribution in [1.82, 2.24) is 4.98 Å². The molecule has 0 aliphatic rings. The minimum Gasteiger partial charge on any atom is -0.497 e. The molecule has 5 nitrogen and oxygen atoms in total. The number of nitrogens with one attached hydrogen (secondary N) is 1. The van der Waals surface area contributed by atoms with E-state index in [-0.39, 0.29) is 5.91 Å². The van der Waals surface area contributed by atoms with E-state index in [1.54, 1.807) is 13.2 Å². The summed E-state index contributed by atoms with van der Waals surface area (Å²) in [5.41, 5.74) is 2.42. The van der Waals surface area contributed by atoms with Crippen LogP contribution in [-0.2, 0) is 0 Å². The summed E-state index contributed by atoms with van der Waals surface area (Å²) >= 11 is 1.41. The number of nitrogens with zero attached hydrogens (tertiary/aromatic N) is 1. The Bertz CT molecular complexity index is 864. The van der Waals surface area contributed by atoms with Crippen molar-refractivity contribution in [2.75, 3.05) is 12.4 Å². The standard InChI is InChI=1S/C17H18N2O3S/c1-9(2)13-8-23-17(18-13)19-16(20)15-10(3)12-7-11(21-4)5-6-14(12)22-15/h5-9H,1-4H3,(H,18,19,20). The predicted molar refractivity (Wildman–Crippen MR) is 91.7 cm³/mol. The first-order valence-corrected chi connectivity index (χ1v) is 8.21. The summed E-state index contributed by atoms with van der Waals surface area (Å²) in [6.45, 7) is 6.00. The van der Waals surface area contributed by atoms with Gasteiger partial charge in [0.1, 0.15) is 11.3 Å². The van der Waals surface area contributed by atoms with Crippen LogP contribution in [0.2, 0.25) is 0 Å². The first-order valence-electron chi connectivity index (χ1n) is 7.33. The van der Waals surface area contributed by atoms with Gasteiger partial charge in [-0.1, -0.05) is 13.8 Å². The van der Waals surface area contributed by atoms with E-state index in [1.807, 2.05) is 24.4 Å². The van der Waals surface area contributed by atoms with Gasteiger partial charge in [0.05, 0.1) is 12.8 Å². The molecule has 0 spiro atoms. The Morgan fingerprint density at radius 1 is 1.39 bits per heavy atom. The highest BCUT2D eigenvalue weighted by molar-refractivity contribution is 7.14. The number of ether oxygens (including phenoxy) is 1. The molecule has 0 aliphatic heterocycles. The van der Waals surface area contributed by atoms with Gasteiger partial charge in [0.15, 0.2) is 10.9 Å². The number of aryl methyl sites for hydroxylation is 1. The van der Waals surface area contributed by atoms with Crippen molar-refractivity contribution in [3.05, 3.63) is 40.6 Å². The smallest absolute Gasteiger partial charge is 0.293 e. The van der Waals surface area contributed by atoms with Crippen LogP contribution in [0, 0.1) is 6.92 Å². The van der Waals surface area contributed by atoms with Gasteiger partial charge in [0, 0.05) is 16.3 Å². The average molecular weight is 330 g/mol. The average Bonchev–Trinajstić information content (AvgIpc) is 3.12. The molecule has 0 atom stereocenters. The maximum Gasteiger partial charge on any atom is 0.293 e. The molecule has 2 aromatic heterocycles. The second kappa shape index (κ2) is 6.04. The van der Waals surface area contributed by atoms with Gasteiger partial charge in [-0.05, 0) is 31.0 Å². The number of aromatic nitrogens is 1. The molecular weight excluding hydrogens is 312 g/mol. The Labute approximate surface area is 138 Å². The molecule has 2 heterocycles. The highest BCUT2D eigenvalue weighted by Crippen LogP contribution is 2.29. The molecule has 120 valence electrons. The largest absolute Gasteiger partial charge is 0.497 e. The van der Waals surface area contributed by atoms with Gasteiger partial charge in [0.25, 0.3) is 5.91 Å². The molecule has 1 amide bonds. The van der Waals surface area contributed by atoms with Gasteiger partial charge in [0.2, 0.25) is 0 Å². The number of anilines is 1. The molecule has 0 fully saturated rings. The van der Waals surface area contributed by atoms with E-state index in [4.69, 9.17) is 9.15 Å². The van der Waals surface area contributed by atoms with Gasteiger partial charge in [-0.15, -0.1) is 11.3 Å². The number of thiazole rings is 1. The van der Waals surface area contributed by atoms with Crippen molar-refractivity contribution in [3.63, 3.8) is 0 Å². The van der Waals surface area contributed by atoms with Crippen molar-refractivity contribution >= 4 is 33.3 Å². The van der Waals surface area contributed by atoms with Gasteiger partial charge >= 0.3 is 0 Å². The first-order chi connectivity index (χ1) is 11.0. The van der Waals surface area contributed by atoms with Crippen LogP contribution in [0.15, 0.2) is 28.0 Å². The van der Waals surface area contributed by atoms with Crippen molar-refractivity contribution in [3.8, 4) is 5.75 Å². The Hall–Kier alpha value is -2.34. The maximum atomic E-state index is 12.5. The SMILES string of the molecule is COc1ccc2oc(C(=O)Nc3nc(C(C)C)cs3)c(C)c2c1. The molecular formula is C17H18N2O3S. The summed E-state index contributed by atoms with van der Waals surface area (Å²) in [7, 11) is 1.61. The lowest BCUT2D eigenvalue weighted by Crippen LogP contribution is -2.12. The highest BCUT2D eigenvalue weighted by atomic mass is 32.1. The van der Waals surface area contributed by atoms with E-state index < -0.39 is 0 Å². The van der Waals surface area contributed by atoms with Crippen molar-refractivity contribution in [2.24, 2.45) is 0 Å². The number of methoxy groups -OCH3 is 1. The number of furan rings is 1. The number of amides is 1. The van der Waals surface area contributed by atoms with Gasteiger partial charge in [-0.2, -0.15) is 0 Å². The van der Waals surface area contributed by atoms with E-state index in [9.17, 15) is 4.79 Å². The van der Waals surface area contributed by atoms with Crippen LogP contribution in [0.4, 0.5) is 5.13 Å². The maximum absolute atomic E-state index is 12.5. The zero-order valence-corrected chi connectivity index (χ0v) is 14.3. The number of benzene rings is 1. The minimum absolute atomic E-state index is 0.290. The van der Waals surface area contributed by atoms with E-state index >= 15 is 0 Å². The highest BCUT2D eigenvalue weighted by Gasteiger charge is 2.19. The van der Waals surface area contributed by atoms with Gasteiger partial charge < -0.3 is 9.15 Å². The van der Waals surface area contributed by atoms with E-state index in [1.165, 1.54) is 11.3 Å². The lowest BCUT2D eigenvalue weighted by molar-refractivity contribution is 0.0998. The van der Waals surface area contributed by atoms with Crippen LogP contribution in [0.3, 0.4) is 0 Å². The monoisotopic (exact) mass is 330 g/mol. The number of carbonyl (C=O) groups is 1. The predicted octanol–water partition coefficient (Wildman–Crippen LogP) is 4.58. The van der Waals surface area contributed by atoms with Crippen LogP contribution >= 0.6 is 11.3 Å². The Balaban J connectivity index is 1.89. The fourth-order valence-electron chi connectivity index (χ4n) is 2.31. The Morgan fingerprint density at radius 3 is 2.83 bits per heavy atom. The quantitative estimate of drug-likeness (QED) is 0.760. The second-order valence-electron chi connectivity index (χ2n) is 5.60. The molecule has 23 heavy (non-hydrogen) atoms. The van der Waals surface area contributed by atoms with Crippen LogP contribution in [-0.4, -0.2) is 18.0 Å². The third-order valence-corrected chi connectivity index (χ3v) is 4.46. The molecule has 0 bridgehead atoms. The second-order valence-corrected chi connectivity index (χ2v) is 6.46. The fourth-order valence-corrected chi connectivity index (χ4v) is 3.17. The van der Waals surface area contributed by atoms with Gasteiger partial charge in [-0.25, -0.2) is 4.98 Å². The zero-order valence-electron chi connectivity index (χ0n) is 13.5. The molecule has 0 radical (unpaired) electrons. The number of fused-ring (bicyclic) bond motifs is 1. The first kappa shape index (κ1) is 15.6. The van der Waals surface area contributed by atoms with Crippen molar-refractivity contribution in [2.45, 2.75) is 26.7 Å². The molecule has 1 aromatic carbocycles. The van der Waals surface area contributed by atoms with Crippen LogP contribution in [0.1, 0.15) is 41.6 Å². The number of hydrogen-bond donors (Lipinski definition) is 1. The third-order valence-electron chi connectivity index (χ3n) is 3.68. The number of rotatable bonds is 4. The van der Waals surface area contributed by atoms with Crippen molar-refractivity contribution in [1.29, 1.82) is 0 Å². The topological polar surface area (TPSA) is 64.4 Å². The fraction of sp³-hybridized carbons (Fsp3) is 0.294. The molecule has 1 N–H and O–H groups in total. The summed E-state index contributed by atoms with van der Waals surface area (Å²) in [6.07, 6.45) is 0. The zero-order chi connectivity index (χ0) is 16.6. The van der Waals surface area contributed by atoms with E-state index in [0.29, 0.717) is 22.4 Å². The molecule has 0 aliphatic carbocycles. The molecule has 3 aromatic rings. The molecule has 0 unspecified atom stereocenters. The Morgan fingerprint density at radius 2 is 2.17 bits per heavy atom. The normalized spacial score (nSPS) is 11.2. The minimum atomic E-state index is -0.290. The van der Waals surface area contributed by atoms with Crippen LogP contribution in [0.5, 0.6) is 5.75 Å². The molecule has 3 rings (SSSR count). The van der Waals surface area contributed by atoms with Crippen LogP contribution in [0.25, 0.3) is 11.0 Å². The summed E-state index contributed by atoms with van der Waals surface area (Å²) in [4.78, 5) is 16.9. The molecule has 0 saturated heterocycles. The molecule has 0 saturated carbocycles. The summed E-state index contributed by atoms with van der Waals surface area (Å²) in [5.74, 6) is 1.07. The number of hydrogen-bond acceptors (Lipinski definition) is 5. The third kappa shape index (κ3) is 2.94.